The molecule has 140 valence electrons. The van der Waals surface area contributed by atoms with Crippen LogP contribution in [0, 0.1) is 0 Å². The van der Waals surface area contributed by atoms with Crippen LogP contribution in [0.15, 0.2) is 60.7 Å². The lowest BCUT2D eigenvalue weighted by Gasteiger charge is -2.37. The number of nitrogens with zero attached hydrogens (tertiary/aromatic N) is 1. The Morgan fingerprint density at radius 2 is 1.35 bits per heavy atom. The summed E-state index contributed by atoms with van der Waals surface area (Å²) in [4.78, 5) is 15.2. The third kappa shape index (κ3) is 4.14. The van der Waals surface area contributed by atoms with Crippen molar-refractivity contribution in [2.45, 2.75) is 38.8 Å². The highest BCUT2D eigenvalue weighted by molar-refractivity contribution is 5.85. The molecule has 0 fully saturated rings. The first-order chi connectivity index (χ1) is 12.4. The summed E-state index contributed by atoms with van der Waals surface area (Å²) in [7, 11) is 0. The number of rotatable bonds is 8. The zero-order valence-corrected chi connectivity index (χ0v) is 16.1. The Morgan fingerprint density at radius 3 is 1.73 bits per heavy atom. The van der Waals surface area contributed by atoms with Crippen molar-refractivity contribution in [1.82, 2.24) is 4.90 Å². The number of hydrogen-bond donors (Lipinski definition) is 1. The predicted octanol–water partition coefficient (Wildman–Crippen LogP) is 3.59. The van der Waals surface area contributed by atoms with Gasteiger partial charge < -0.3 is 9.84 Å². The van der Waals surface area contributed by atoms with Crippen molar-refractivity contribution in [2.24, 2.45) is 0 Å². The number of hydrogen-bond acceptors (Lipinski definition) is 4. The Labute approximate surface area is 156 Å². The topological polar surface area (TPSA) is 49.8 Å². The zero-order valence-electron chi connectivity index (χ0n) is 16.1. The fourth-order valence-electron chi connectivity index (χ4n) is 3.28. The lowest BCUT2D eigenvalue weighted by molar-refractivity contribution is -0.166. The molecule has 1 N–H and O–H groups in total. The molecule has 0 saturated carbocycles. The molecule has 2 aromatic rings. The standard InChI is InChI=1S/C22H29NO3/c1-5-23(6-2)21(3,4)17-26-20(24)22(25,18-13-9-7-10-14-18)19-15-11-8-12-16-19/h7-16,25H,5-6,17H2,1-4H3. The van der Waals surface area contributed by atoms with Gasteiger partial charge in [0.2, 0.25) is 5.60 Å². The second-order valence-corrected chi connectivity index (χ2v) is 7.00. The molecule has 4 heteroatoms. The third-order valence-corrected chi connectivity index (χ3v) is 4.85. The largest absolute Gasteiger partial charge is 0.461 e. The summed E-state index contributed by atoms with van der Waals surface area (Å²) >= 11 is 0. The van der Waals surface area contributed by atoms with Crippen molar-refractivity contribution >= 4 is 5.97 Å². The van der Waals surface area contributed by atoms with Crippen molar-refractivity contribution in [2.75, 3.05) is 19.7 Å². The van der Waals surface area contributed by atoms with Gasteiger partial charge in [0.15, 0.2) is 0 Å². The Balaban J connectivity index is 2.31. The molecule has 0 aliphatic rings. The molecule has 0 spiro atoms. The second-order valence-electron chi connectivity index (χ2n) is 7.00. The van der Waals surface area contributed by atoms with Crippen molar-refractivity contribution < 1.29 is 14.6 Å². The molecule has 0 atom stereocenters. The maximum atomic E-state index is 13.0. The van der Waals surface area contributed by atoms with Crippen LogP contribution in [0.25, 0.3) is 0 Å². The van der Waals surface area contributed by atoms with Crippen LogP contribution >= 0.6 is 0 Å². The van der Waals surface area contributed by atoms with Gasteiger partial charge in [-0.2, -0.15) is 0 Å². The Morgan fingerprint density at radius 1 is 0.923 bits per heavy atom. The van der Waals surface area contributed by atoms with Crippen molar-refractivity contribution in [3.05, 3.63) is 71.8 Å². The molecule has 2 rings (SSSR count). The first kappa shape index (κ1) is 20.1. The van der Waals surface area contributed by atoms with E-state index in [-0.39, 0.29) is 12.1 Å². The highest BCUT2D eigenvalue weighted by Gasteiger charge is 2.42. The van der Waals surface area contributed by atoms with E-state index in [0.717, 1.165) is 13.1 Å². The molecule has 0 saturated heterocycles. The van der Waals surface area contributed by atoms with Gasteiger partial charge in [0.25, 0.3) is 0 Å². The summed E-state index contributed by atoms with van der Waals surface area (Å²) in [5, 5.41) is 11.4. The highest BCUT2D eigenvalue weighted by atomic mass is 16.6. The van der Waals surface area contributed by atoms with E-state index in [1.165, 1.54) is 0 Å². The van der Waals surface area contributed by atoms with Gasteiger partial charge in [-0.05, 0) is 38.1 Å². The van der Waals surface area contributed by atoms with E-state index < -0.39 is 11.6 Å². The molecule has 4 nitrogen and oxygen atoms in total. The van der Waals surface area contributed by atoms with E-state index in [1.54, 1.807) is 48.5 Å². The Kier molecular flexibility index (Phi) is 6.57. The predicted molar refractivity (Wildman–Crippen MR) is 104 cm³/mol. The van der Waals surface area contributed by atoms with Gasteiger partial charge in [-0.25, -0.2) is 4.79 Å². The minimum Gasteiger partial charge on any atom is -0.461 e. The van der Waals surface area contributed by atoms with Crippen LogP contribution < -0.4 is 0 Å². The SMILES string of the molecule is CCN(CC)C(C)(C)COC(=O)C(O)(c1ccccc1)c1ccccc1. The molecule has 26 heavy (non-hydrogen) atoms. The second kappa shape index (κ2) is 8.47. The molecule has 0 radical (unpaired) electrons. The van der Waals surface area contributed by atoms with E-state index in [9.17, 15) is 9.90 Å². The van der Waals surface area contributed by atoms with Crippen LogP contribution in [0.4, 0.5) is 0 Å². The average Bonchev–Trinajstić information content (AvgIpc) is 2.67. The van der Waals surface area contributed by atoms with Crippen LogP contribution in [0.1, 0.15) is 38.8 Å². The summed E-state index contributed by atoms with van der Waals surface area (Å²) in [5.41, 5.74) is -1.15. The number of carbonyl (C=O) groups is 1. The molecular weight excluding hydrogens is 326 g/mol. The molecule has 0 unspecified atom stereocenters. The van der Waals surface area contributed by atoms with Crippen molar-refractivity contribution in [1.29, 1.82) is 0 Å². The van der Waals surface area contributed by atoms with Crippen LogP contribution in [0.5, 0.6) is 0 Å². The van der Waals surface area contributed by atoms with Crippen molar-refractivity contribution in [3.8, 4) is 0 Å². The Hall–Kier alpha value is -2.17. The number of esters is 1. The molecule has 0 aromatic heterocycles. The quantitative estimate of drug-likeness (QED) is 0.735. The van der Waals surface area contributed by atoms with E-state index in [1.807, 2.05) is 26.0 Å². The summed E-state index contributed by atoms with van der Waals surface area (Å²) in [6, 6.07) is 17.9. The summed E-state index contributed by atoms with van der Waals surface area (Å²) in [6.45, 7) is 10.2. The monoisotopic (exact) mass is 355 g/mol. The van der Waals surface area contributed by atoms with E-state index in [0.29, 0.717) is 11.1 Å². The minimum atomic E-state index is -1.83. The lowest BCUT2D eigenvalue weighted by atomic mass is 9.86. The number of benzene rings is 2. The maximum Gasteiger partial charge on any atom is 0.347 e. The van der Waals surface area contributed by atoms with Gasteiger partial charge in [0.05, 0.1) is 0 Å². The molecule has 2 aromatic carbocycles. The fourth-order valence-corrected chi connectivity index (χ4v) is 3.28. The lowest BCUT2D eigenvalue weighted by Crippen LogP contribution is -2.49. The Bertz CT molecular complexity index is 654. The number of aliphatic hydroxyl groups is 1. The van der Waals surface area contributed by atoms with Crippen molar-refractivity contribution in [3.63, 3.8) is 0 Å². The first-order valence-electron chi connectivity index (χ1n) is 9.12. The molecule has 0 aliphatic heterocycles. The van der Waals surface area contributed by atoms with Crippen LogP contribution in [0.3, 0.4) is 0 Å². The normalized spacial score (nSPS) is 12.2. The maximum absolute atomic E-state index is 13.0. The zero-order chi connectivity index (χ0) is 19.2. The van der Waals surface area contributed by atoms with Gasteiger partial charge in [-0.3, -0.25) is 4.90 Å². The van der Waals surface area contributed by atoms with Gasteiger partial charge in [-0.15, -0.1) is 0 Å². The van der Waals surface area contributed by atoms with E-state index >= 15 is 0 Å². The fraction of sp³-hybridized carbons (Fsp3) is 0.409. The minimum absolute atomic E-state index is 0.204. The van der Waals surface area contributed by atoms with E-state index in [2.05, 4.69) is 18.7 Å². The number of ether oxygens (including phenoxy) is 1. The molecular formula is C22H29NO3. The molecule has 0 amide bonds. The van der Waals surface area contributed by atoms with Crippen LogP contribution in [-0.2, 0) is 15.1 Å². The van der Waals surface area contributed by atoms with Gasteiger partial charge in [0.1, 0.15) is 6.61 Å². The average molecular weight is 355 g/mol. The van der Waals surface area contributed by atoms with Gasteiger partial charge in [-0.1, -0.05) is 74.5 Å². The third-order valence-electron chi connectivity index (χ3n) is 4.85. The number of likely N-dealkylation sites (N-methyl/N-ethyl adjacent to an activating group) is 1. The summed E-state index contributed by atoms with van der Waals surface area (Å²) in [6.07, 6.45) is 0. The van der Waals surface area contributed by atoms with Gasteiger partial charge in [0, 0.05) is 5.54 Å². The summed E-state index contributed by atoms with van der Waals surface area (Å²) in [5.74, 6) is -0.657. The first-order valence-corrected chi connectivity index (χ1v) is 9.12. The molecule has 0 aliphatic carbocycles. The highest BCUT2D eigenvalue weighted by Crippen LogP contribution is 2.31. The summed E-state index contributed by atoms with van der Waals surface area (Å²) < 4.78 is 5.63. The van der Waals surface area contributed by atoms with Gasteiger partial charge >= 0.3 is 5.97 Å². The molecule has 0 bridgehead atoms. The van der Waals surface area contributed by atoms with E-state index in [4.69, 9.17) is 4.74 Å². The van der Waals surface area contributed by atoms with Crippen LogP contribution in [-0.4, -0.2) is 41.2 Å². The smallest absolute Gasteiger partial charge is 0.347 e. The van der Waals surface area contributed by atoms with Crippen LogP contribution in [0.2, 0.25) is 0 Å². The molecule has 0 heterocycles. The number of carbonyl (C=O) groups excluding carboxylic acids is 1.